The van der Waals surface area contributed by atoms with Crippen LogP contribution < -0.4 is 5.32 Å². The molecule has 0 atom stereocenters. The Morgan fingerprint density at radius 1 is 1.12 bits per heavy atom. The molecule has 0 fully saturated rings. The minimum atomic E-state index is -0.233. The van der Waals surface area contributed by atoms with Crippen molar-refractivity contribution in [1.82, 2.24) is 20.1 Å². The van der Waals surface area contributed by atoms with Crippen molar-refractivity contribution in [3.05, 3.63) is 30.3 Å². The van der Waals surface area contributed by atoms with E-state index < -0.39 is 0 Å². The van der Waals surface area contributed by atoms with Crippen molar-refractivity contribution >= 4 is 17.7 Å². The summed E-state index contributed by atoms with van der Waals surface area (Å²) in [7, 11) is 0. The van der Waals surface area contributed by atoms with Crippen molar-refractivity contribution in [2.75, 3.05) is 5.75 Å². The van der Waals surface area contributed by atoms with Crippen LogP contribution in [0.2, 0.25) is 0 Å². The summed E-state index contributed by atoms with van der Waals surface area (Å²) in [4.78, 5) is 12.4. The van der Waals surface area contributed by atoms with Gasteiger partial charge < -0.3 is 9.88 Å². The summed E-state index contributed by atoms with van der Waals surface area (Å²) in [5, 5.41) is 12.5. The summed E-state index contributed by atoms with van der Waals surface area (Å²) >= 11 is 1.43. The van der Waals surface area contributed by atoms with Crippen LogP contribution in [-0.4, -0.2) is 32.0 Å². The van der Waals surface area contributed by atoms with Crippen LogP contribution in [-0.2, 0) is 11.3 Å². The smallest absolute Gasteiger partial charge is 0.230 e. The van der Waals surface area contributed by atoms with E-state index in [1.165, 1.54) is 11.8 Å². The fourth-order valence-corrected chi connectivity index (χ4v) is 4.20. The second kappa shape index (κ2) is 8.25. The van der Waals surface area contributed by atoms with Crippen LogP contribution in [0, 0.1) is 5.41 Å². The maximum absolute atomic E-state index is 12.4. The molecule has 0 aliphatic rings. The number of thioether (sulfide) groups is 1. The van der Waals surface area contributed by atoms with Gasteiger partial charge in [-0.15, -0.1) is 10.2 Å². The Labute approximate surface area is 161 Å². The SMILES string of the molecule is CCn1c(SCC(=O)NC(C)(C)CC(C)(C)C)nnc1-c1ccccc1. The van der Waals surface area contributed by atoms with Crippen molar-refractivity contribution in [2.45, 2.75) is 65.2 Å². The zero-order chi connectivity index (χ0) is 19.4. The van der Waals surface area contributed by atoms with Crippen LogP contribution in [0.25, 0.3) is 11.4 Å². The Morgan fingerprint density at radius 3 is 2.35 bits per heavy atom. The molecule has 142 valence electrons. The van der Waals surface area contributed by atoms with Gasteiger partial charge in [0, 0.05) is 17.6 Å². The summed E-state index contributed by atoms with van der Waals surface area (Å²) in [6, 6.07) is 10.00. The highest BCUT2D eigenvalue weighted by Gasteiger charge is 2.27. The first kappa shape index (κ1) is 20.5. The van der Waals surface area contributed by atoms with Gasteiger partial charge in [0.15, 0.2) is 11.0 Å². The summed E-state index contributed by atoms with van der Waals surface area (Å²) < 4.78 is 2.05. The van der Waals surface area contributed by atoms with Gasteiger partial charge in [0.05, 0.1) is 5.75 Å². The van der Waals surface area contributed by atoms with E-state index in [0.717, 1.165) is 29.5 Å². The van der Waals surface area contributed by atoms with Crippen LogP contribution in [0.4, 0.5) is 0 Å². The van der Waals surface area contributed by atoms with Gasteiger partial charge >= 0.3 is 0 Å². The van der Waals surface area contributed by atoms with Crippen molar-refractivity contribution in [2.24, 2.45) is 5.41 Å². The molecule has 2 aromatic rings. The molecule has 5 nitrogen and oxygen atoms in total. The van der Waals surface area contributed by atoms with Gasteiger partial charge in [-0.1, -0.05) is 62.9 Å². The van der Waals surface area contributed by atoms with Crippen molar-refractivity contribution in [3.63, 3.8) is 0 Å². The molecule has 0 saturated heterocycles. The minimum Gasteiger partial charge on any atom is -0.350 e. The number of benzene rings is 1. The fourth-order valence-electron chi connectivity index (χ4n) is 3.39. The molecular weight excluding hydrogens is 344 g/mol. The predicted octanol–water partition coefficient (Wildman–Crippen LogP) is 4.39. The molecule has 0 saturated carbocycles. The lowest BCUT2D eigenvalue weighted by Crippen LogP contribution is -2.46. The Bertz CT molecular complexity index is 732. The number of amides is 1. The molecule has 0 aliphatic carbocycles. The molecule has 1 aromatic heterocycles. The molecule has 1 amide bonds. The number of carbonyl (C=O) groups excluding carboxylic acids is 1. The van der Waals surface area contributed by atoms with Gasteiger partial charge in [0.2, 0.25) is 5.91 Å². The first-order valence-corrected chi connectivity index (χ1v) is 10.0. The molecule has 1 aromatic carbocycles. The van der Waals surface area contributed by atoms with E-state index in [9.17, 15) is 4.79 Å². The van der Waals surface area contributed by atoms with E-state index in [2.05, 4.69) is 57.1 Å². The summed E-state index contributed by atoms with van der Waals surface area (Å²) in [5.74, 6) is 1.20. The first-order valence-electron chi connectivity index (χ1n) is 9.04. The molecule has 26 heavy (non-hydrogen) atoms. The van der Waals surface area contributed by atoms with E-state index >= 15 is 0 Å². The Kier molecular flexibility index (Phi) is 6.50. The van der Waals surface area contributed by atoms with Crippen LogP contribution in [0.5, 0.6) is 0 Å². The van der Waals surface area contributed by atoms with Crippen molar-refractivity contribution in [1.29, 1.82) is 0 Å². The van der Waals surface area contributed by atoms with Crippen molar-refractivity contribution < 1.29 is 4.79 Å². The number of carbonyl (C=O) groups is 1. The average Bonchev–Trinajstić information content (AvgIpc) is 2.93. The zero-order valence-corrected chi connectivity index (χ0v) is 17.5. The normalized spacial score (nSPS) is 12.2. The van der Waals surface area contributed by atoms with Gasteiger partial charge in [0.25, 0.3) is 0 Å². The highest BCUT2D eigenvalue weighted by Crippen LogP contribution is 2.27. The molecule has 0 radical (unpaired) electrons. The van der Waals surface area contributed by atoms with E-state index in [4.69, 9.17) is 0 Å². The Morgan fingerprint density at radius 2 is 1.77 bits per heavy atom. The largest absolute Gasteiger partial charge is 0.350 e. The molecule has 6 heteroatoms. The fraction of sp³-hybridized carbons (Fsp3) is 0.550. The lowest BCUT2D eigenvalue weighted by molar-refractivity contribution is -0.120. The highest BCUT2D eigenvalue weighted by atomic mass is 32.2. The number of nitrogens with zero attached hydrogens (tertiary/aromatic N) is 3. The van der Waals surface area contributed by atoms with Gasteiger partial charge in [-0.2, -0.15) is 0 Å². The standard InChI is InChI=1S/C20H30N4OS/c1-7-24-17(15-11-9-8-10-12-15)22-23-18(24)26-13-16(25)21-20(5,6)14-19(2,3)4/h8-12H,7,13-14H2,1-6H3,(H,21,25). The zero-order valence-electron chi connectivity index (χ0n) is 16.7. The molecule has 0 aliphatic heterocycles. The van der Waals surface area contributed by atoms with Gasteiger partial charge in [0.1, 0.15) is 0 Å². The number of hydrogen-bond acceptors (Lipinski definition) is 4. The monoisotopic (exact) mass is 374 g/mol. The van der Waals surface area contributed by atoms with Crippen LogP contribution >= 0.6 is 11.8 Å². The lowest BCUT2D eigenvalue weighted by Gasteiger charge is -2.33. The number of nitrogens with one attached hydrogen (secondary N) is 1. The quantitative estimate of drug-likeness (QED) is 0.730. The molecular formula is C20H30N4OS. The number of aromatic nitrogens is 3. The molecule has 1 heterocycles. The highest BCUT2D eigenvalue weighted by molar-refractivity contribution is 7.99. The third-order valence-electron chi connectivity index (χ3n) is 3.85. The molecule has 2 rings (SSSR count). The topological polar surface area (TPSA) is 59.8 Å². The summed E-state index contributed by atoms with van der Waals surface area (Å²) in [6.45, 7) is 13.5. The third kappa shape index (κ3) is 5.87. The lowest BCUT2D eigenvalue weighted by atomic mass is 9.82. The number of hydrogen-bond donors (Lipinski definition) is 1. The van der Waals surface area contributed by atoms with E-state index in [-0.39, 0.29) is 16.9 Å². The second-order valence-electron chi connectivity index (χ2n) is 8.37. The predicted molar refractivity (Wildman–Crippen MR) is 108 cm³/mol. The van der Waals surface area contributed by atoms with Crippen LogP contribution in [0.1, 0.15) is 48.0 Å². The molecule has 0 spiro atoms. The maximum Gasteiger partial charge on any atom is 0.230 e. The van der Waals surface area contributed by atoms with Crippen LogP contribution in [0.3, 0.4) is 0 Å². The molecule has 0 bridgehead atoms. The first-order chi connectivity index (χ1) is 12.1. The average molecular weight is 375 g/mol. The van der Waals surface area contributed by atoms with Gasteiger partial charge in [-0.05, 0) is 32.6 Å². The van der Waals surface area contributed by atoms with E-state index in [1.54, 1.807) is 0 Å². The van der Waals surface area contributed by atoms with Crippen LogP contribution in [0.15, 0.2) is 35.5 Å². The molecule has 1 N–H and O–H groups in total. The van der Waals surface area contributed by atoms with E-state index in [0.29, 0.717) is 5.75 Å². The minimum absolute atomic E-state index is 0.0242. The second-order valence-corrected chi connectivity index (χ2v) is 9.32. The van der Waals surface area contributed by atoms with Crippen molar-refractivity contribution in [3.8, 4) is 11.4 Å². The van der Waals surface area contributed by atoms with Gasteiger partial charge in [-0.25, -0.2) is 0 Å². The third-order valence-corrected chi connectivity index (χ3v) is 4.81. The number of rotatable bonds is 7. The Hall–Kier alpha value is -1.82. The summed E-state index contributed by atoms with van der Waals surface area (Å²) in [5.41, 5.74) is 0.963. The van der Waals surface area contributed by atoms with E-state index in [1.807, 2.05) is 34.9 Å². The maximum atomic E-state index is 12.4. The Balaban J connectivity index is 2.02. The summed E-state index contributed by atoms with van der Waals surface area (Å²) in [6.07, 6.45) is 0.916. The van der Waals surface area contributed by atoms with Gasteiger partial charge in [-0.3, -0.25) is 4.79 Å². The molecule has 0 unspecified atom stereocenters.